The summed E-state index contributed by atoms with van der Waals surface area (Å²) in [7, 11) is -3.71. The second-order valence-corrected chi connectivity index (χ2v) is 7.95. The molecule has 1 aromatic heterocycles. The molecule has 0 aromatic carbocycles. The van der Waals surface area contributed by atoms with Gasteiger partial charge in [0.15, 0.2) is 0 Å². The molecule has 2 rings (SSSR count). The number of sulfonamides is 1. The lowest BCUT2D eigenvalue weighted by molar-refractivity contribution is -0.150. The zero-order valence-electron chi connectivity index (χ0n) is 10.3. The first kappa shape index (κ1) is 14.8. The van der Waals surface area contributed by atoms with Gasteiger partial charge in [-0.05, 0) is 19.8 Å². The number of aliphatic carboxylic acids is 1. The van der Waals surface area contributed by atoms with Gasteiger partial charge in [0.1, 0.15) is 4.90 Å². The minimum absolute atomic E-state index is 0.0170. The molecule has 1 aliphatic heterocycles. The van der Waals surface area contributed by atoms with Gasteiger partial charge in [0.05, 0.1) is 10.4 Å². The Bertz CT molecular complexity index is 598. The molecule has 1 N–H and O–H groups in total. The highest BCUT2D eigenvalue weighted by Crippen LogP contribution is 2.35. The van der Waals surface area contributed by atoms with Crippen molar-refractivity contribution in [2.75, 3.05) is 13.1 Å². The van der Waals surface area contributed by atoms with Crippen LogP contribution in [0.4, 0.5) is 0 Å². The van der Waals surface area contributed by atoms with E-state index in [9.17, 15) is 18.3 Å². The maximum atomic E-state index is 12.4. The normalized spacial score (nSPS) is 25.4. The molecular formula is C11H14ClNO4S2. The van der Waals surface area contributed by atoms with E-state index in [2.05, 4.69) is 0 Å². The van der Waals surface area contributed by atoms with Gasteiger partial charge in [-0.15, -0.1) is 11.3 Å². The fourth-order valence-corrected chi connectivity index (χ4v) is 5.43. The highest BCUT2D eigenvalue weighted by Gasteiger charge is 2.42. The van der Waals surface area contributed by atoms with Gasteiger partial charge in [0.2, 0.25) is 10.0 Å². The molecule has 0 aliphatic carbocycles. The van der Waals surface area contributed by atoms with Gasteiger partial charge >= 0.3 is 5.97 Å². The molecule has 1 aliphatic rings. The van der Waals surface area contributed by atoms with Gasteiger partial charge in [0, 0.05) is 23.8 Å². The van der Waals surface area contributed by atoms with Crippen LogP contribution in [0.25, 0.3) is 0 Å². The fourth-order valence-electron chi connectivity index (χ4n) is 2.17. The Morgan fingerprint density at radius 1 is 1.53 bits per heavy atom. The highest BCUT2D eigenvalue weighted by atomic mass is 35.5. The van der Waals surface area contributed by atoms with Crippen molar-refractivity contribution in [1.82, 2.24) is 4.31 Å². The molecule has 2 heterocycles. The average Bonchev–Trinajstić information content (AvgIpc) is 2.76. The Morgan fingerprint density at radius 2 is 2.21 bits per heavy atom. The van der Waals surface area contributed by atoms with E-state index in [1.807, 2.05) is 0 Å². The number of carbonyl (C=O) groups is 1. The molecule has 1 fully saturated rings. The van der Waals surface area contributed by atoms with Crippen LogP contribution in [0.3, 0.4) is 0 Å². The summed E-state index contributed by atoms with van der Waals surface area (Å²) < 4.78 is 26.1. The lowest BCUT2D eigenvalue weighted by atomic mass is 9.83. The Hall–Kier alpha value is -0.630. The smallest absolute Gasteiger partial charge is 0.310 e. The number of rotatable bonds is 3. The standard InChI is InChI=1S/C11H14ClNO4S2/c1-11(10(14)15)3-2-4-13(7-11)19(16,17)9-6-18-5-8(9)12/h5-6H,2-4,7H2,1H3,(H,14,15). The maximum Gasteiger partial charge on any atom is 0.310 e. The third kappa shape index (κ3) is 2.65. The quantitative estimate of drug-likeness (QED) is 0.926. The first-order chi connectivity index (χ1) is 8.77. The zero-order valence-corrected chi connectivity index (χ0v) is 12.7. The first-order valence-electron chi connectivity index (χ1n) is 5.73. The van der Waals surface area contributed by atoms with E-state index in [0.717, 1.165) is 0 Å². The molecule has 0 radical (unpaired) electrons. The molecule has 0 saturated carbocycles. The second kappa shape index (κ2) is 5.05. The number of halogens is 1. The Morgan fingerprint density at radius 3 is 2.74 bits per heavy atom. The fraction of sp³-hybridized carbons (Fsp3) is 0.545. The molecule has 8 heteroatoms. The molecule has 0 amide bonds. The van der Waals surface area contributed by atoms with Gasteiger partial charge in [-0.2, -0.15) is 4.31 Å². The average molecular weight is 324 g/mol. The summed E-state index contributed by atoms with van der Waals surface area (Å²) in [5, 5.41) is 12.4. The van der Waals surface area contributed by atoms with Crippen molar-refractivity contribution in [3.05, 3.63) is 15.8 Å². The largest absolute Gasteiger partial charge is 0.481 e. The number of carboxylic acids is 1. The van der Waals surface area contributed by atoms with Crippen molar-refractivity contribution in [1.29, 1.82) is 0 Å². The van der Waals surface area contributed by atoms with Crippen LogP contribution in [-0.4, -0.2) is 36.9 Å². The molecule has 1 aromatic rings. The number of nitrogens with zero attached hydrogens (tertiary/aromatic N) is 1. The summed E-state index contributed by atoms with van der Waals surface area (Å²) in [6, 6.07) is 0. The van der Waals surface area contributed by atoms with E-state index in [1.54, 1.807) is 12.3 Å². The van der Waals surface area contributed by atoms with Gasteiger partial charge in [0.25, 0.3) is 0 Å². The second-order valence-electron chi connectivity index (χ2n) is 4.89. The minimum Gasteiger partial charge on any atom is -0.481 e. The van der Waals surface area contributed by atoms with Crippen LogP contribution in [0.15, 0.2) is 15.7 Å². The van der Waals surface area contributed by atoms with Crippen LogP contribution in [0.1, 0.15) is 19.8 Å². The molecule has 0 bridgehead atoms. The SMILES string of the molecule is CC1(C(=O)O)CCCN(S(=O)(=O)c2cscc2Cl)C1. The maximum absolute atomic E-state index is 12.4. The lowest BCUT2D eigenvalue weighted by Gasteiger charge is -2.36. The minimum atomic E-state index is -3.71. The van der Waals surface area contributed by atoms with Gasteiger partial charge in [-0.1, -0.05) is 11.6 Å². The van der Waals surface area contributed by atoms with E-state index in [-0.39, 0.29) is 16.5 Å². The van der Waals surface area contributed by atoms with Crippen LogP contribution < -0.4 is 0 Å². The van der Waals surface area contributed by atoms with E-state index < -0.39 is 21.4 Å². The van der Waals surface area contributed by atoms with Crippen molar-refractivity contribution >= 4 is 38.9 Å². The molecular weight excluding hydrogens is 310 g/mol. The zero-order chi connectivity index (χ0) is 14.3. The Labute approximate surface area is 120 Å². The van der Waals surface area contributed by atoms with Crippen molar-refractivity contribution < 1.29 is 18.3 Å². The van der Waals surface area contributed by atoms with E-state index in [4.69, 9.17) is 11.6 Å². The predicted octanol–water partition coefficient (Wildman–Crippen LogP) is 2.28. The molecule has 1 saturated heterocycles. The first-order valence-corrected chi connectivity index (χ1v) is 8.49. The Kier molecular flexibility index (Phi) is 3.92. The number of hydrogen-bond donors (Lipinski definition) is 1. The van der Waals surface area contributed by atoms with E-state index >= 15 is 0 Å². The number of hydrogen-bond acceptors (Lipinski definition) is 4. The predicted molar refractivity (Wildman–Crippen MR) is 73.1 cm³/mol. The summed E-state index contributed by atoms with van der Waals surface area (Å²) in [5.41, 5.74) is -1.03. The molecule has 0 spiro atoms. The molecule has 106 valence electrons. The van der Waals surface area contributed by atoms with Crippen LogP contribution >= 0.6 is 22.9 Å². The van der Waals surface area contributed by atoms with Crippen molar-refractivity contribution in [3.63, 3.8) is 0 Å². The van der Waals surface area contributed by atoms with Crippen molar-refractivity contribution in [3.8, 4) is 0 Å². The third-order valence-corrected chi connectivity index (χ3v) is 6.71. The van der Waals surface area contributed by atoms with Gasteiger partial charge < -0.3 is 5.11 Å². The van der Waals surface area contributed by atoms with Gasteiger partial charge in [-0.25, -0.2) is 8.42 Å². The third-order valence-electron chi connectivity index (χ3n) is 3.38. The summed E-state index contributed by atoms with van der Waals surface area (Å²) in [4.78, 5) is 11.3. The topological polar surface area (TPSA) is 74.7 Å². The lowest BCUT2D eigenvalue weighted by Crippen LogP contribution is -2.48. The highest BCUT2D eigenvalue weighted by molar-refractivity contribution is 7.89. The van der Waals surface area contributed by atoms with Gasteiger partial charge in [-0.3, -0.25) is 4.79 Å². The van der Waals surface area contributed by atoms with E-state index in [1.165, 1.54) is 21.0 Å². The Balaban J connectivity index is 2.32. The number of thiophene rings is 1. The number of piperidine rings is 1. The van der Waals surface area contributed by atoms with Crippen LogP contribution in [0, 0.1) is 5.41 Å². The van der Waals surface area contributed by atoms with E-state index in [0.29, 0.717) is 19.4 Å². The van der Waals surface area contributed by atoms with Crippen molar-refractivity contribution in [2.45, 2.75) is 24.7 Å². The summed E-state index contributed by atoms with van der Waals surface area (Å²) in [6.07, 6.45) is 1.01. The molecule has 1 unspecified atom stereocenters. The van der Waals surface area contributed by atoms with Crippen LogP contribution in [0.2, 0.25) is 5.02 Å². The van der Waals surface area contributed by atoms with Crippen molar-refractivity contribution in [2.24, 2.45) is 5.41 Å². The number of carboxylic acid groups (broad SMARTS) is 1. The summed E-state index contributed by atoms with van der Waals surface area (Å²) in [6.45, 7) is 1.89. The molecule has 1 atom stereocenters. The molecule has 19 heavy (non-hydrogen) atoms. The van der Waals surface area contributed by atoms with Crippen LogP contribution in [0.5, 0.6) is 0 Å². The summed E-state index contributed by atoms with van der Waals surface area (Å²) in [5.74, 6) is -0.969. The molecule has 5 nitrogen and oxygen atoms in total. The summed E-state index contributed by atoms with van der Waals surface area (Å²) >= 11 is 7.07. The monoisotopic (exact) mass is 323 g/mol. The van der Waals surface area contributed by atoms with Crippen LogP contribution in [-0.2, 0) is 14.8 Å².